The molecule has 0 unspecified atom stereocenters. The highest BCUT2D eigenvalue weighted by Crippen LogP contribution is 2.09. The van der Waals surface area contributed by atoms with Crippen molar-refractivity contribution in [1.29, 1.82) is 0 Å². The maximum atomic E-state index is 11.5. The summed E-state index contributed by atoms with van der Waals surface area (Å²) in [7, 11) is -3.70. The van der Waals surface area contributed by atoms with Crippen LogP contribution >= 0.6 is 0 Å². The van der Waals surface area contributed by atoms with Crippen LogP contribution in [0.15, 0.2) is 41.3 Å². The average molecular weight is 254 g/mol. The highest BCUT2D eigenvalue weighted by molar-refractivity contribution is 7.87. The lowest BCUT2D eigenvalue weighted by molar-refractivity contribution is 0.368. The molecule has 0 aliphatic heterocycles. The summed E-state index contributed by atoms with van der Waals surface area (Å²) in [4.78, 5) is 7.59. The smallest absolute Gasteiger partial charge is 0.409 e. The molecular formula is C10H10N2O4S. The minimum atomic E-state index is -3.70. The van der Waals surface area contributed by atoms with Gasteiger partial charge in [0.25, 0.3) is 0 Å². The van der Waals surface area contributed by atoms with Crippen LogP contribution in [-0.4, -0.2) is 24.1 Å². The molecular weight excluding hydrogens is 244 g/mol. The Balaban J connectivity index is 1.94. The first-order valence-corrected chi connectivity index (χ1v) is 6.45. The van der Waals surface area contributed by atoms with Gasteiger partial charge >= 0.3 is 16.2 Å². The van der Waals surface area contributed by atoms with Crippen LogP contribution in [0.5, 0.6) is 6.08 Å². The van der Waals surface area contributed by atoms with Gasteiger partial charge in [0.2, 0.25) is 0 Å². The van der Waals surface area contributed by atoms with E-state index in [-0.39, 0.29) is 18.3 Å². The number of hydrogen-bond acceptors (Lipinski definition) is 6. The first kappa shape index (κ1) is 11.6. The van der Waals surface area contributed by atoms with Crippen LogP contribution in [0.4, 0.5) is 0 Å². The summed E-state index contributed by atoms with van der Waals surface area (Å²) in [5.74, 6) is -0.174. The van der Waals surface area contributed by atoms with Crippen LogP contribution in [0.3, 0.4) is 0 Å². The zero-order valence-electron chi connectivity index (χ0n) is 8.81. The minimum absolute atomic E-state index is 0.174. The predicted octanol–water partition coefficient (Wildman–Crippen LogP) is 1.02. The van der Waals surface area contributed by atoms with Crippen molar-refractivity contribution in [2.45, 2.75) is 6.42 Å². The van der Waals surface area contributed by atoms with Crippen molar-refractivity contribution in [2.24, 2.45) is 0 Å². The van der Waals surface area contributed by atoms with Crippen molar-refractivity contribution in [3.8, 4) is 6.08 Å². The second-order valence-electron chi connectivity index (χ2n) is 3.21. The third kappa shape index (κ3) is 3.56. The number of aryl methyl sites for hydroxylation is 1. The van der Waals surface area contributed by atoms with Crippen LogP contribution < -0.4 is 4.18 Å². The van der Waals surface area contributed by atoms with Crippen molar-refractivity contribution in [2.75, 3.05) is 5.75 Å². The van der Waals surface area contributed by atoms with E-state index >= 15 is 0 Å². The largest absolute Gasteiger partial charge is 0.417 e. The van der Waals surface area contributed by atoms with E-state index in [1.807, 2.05) is 0 Å². The Kier molecular flexibility index (Phi) is 3.38. The molecule has 0 bridgehead atoms. The lowest BCUT2D eigenvalue weighted by atomic mass is 10.3. The molecule has 0 atom stereocenters. The lowest BCUT2D eigenvalue weighted by Gasteiger charge is -2.02. The van der Waals surface area contributed by atoms with Gasteiger partial charge in [0, 0.05) is 18.3 Å². The standard InChI is InChI=1S/C10H10N2O4S/c13-17(14,16-10-12-6-7-15-10)8-4-9-3-1-2-5-11-9/h1-3,5-7H,4,8H2. The first-order chi connectivity index (χ1) is 8.16. The van der Waals surface area contributed by atoms with E-state index in [2.05, 4.69) is 14.2 Å². The molecule has 0 saturated carbocycles. The van der Waals surface area contributed by atoms with Crippen molar-refractivity contribution >= 4 is 10.1 Å². The Hall–Kier alpha value is -1.89. The number of pyridine rings is 1. The van der Waals surface area contributed by atoms with E-state index in [0.29, 0.717) is 5.69 Å². The normalized spacial score (nSPS) is 11.3. The maximum Gasteiger partial charge on any atom is 0.409 e. The molecule has 0 radical (unpaired) electrons. The van der Waals surface area contributed by atoms with Crippen LogP contribution in [0.2, 0.25) is 0 Å². The van der Waals surface area contributed by atoms with E-state index in [1.54, 1.807) is 24.4 Å². The van der Waals surface area contributed by atoms with E-state index in [0.717, 1.165) is 0 Å². The molecule has 2 aromatic rings. The summed E-state index contributed by atoms with van der Waals surface area (Å²) < 4.78 is 32.4. The van der Waals surface area contributed by atoms with Crippen LogP contribution in [-0.2, 0) is 16.5 Å². The fourth-order valence-electron chi connectivity index (χ4n) is 1.18. The molecule has 0 aliphatic carbocycles. The van der Waals surface area contributed by atoms with Gasteiger partial charge in [0.1, 0.15) is 6.26 Å². The van der Waals surface area contributed by atoms with Gasteiger partial charge < -0.3 is 8.60 Å². The molecule has 2 heterocycles. The highest BCUT2D eigenvalue weighted by Gasteiger charge is 2.15. The predicted molar refractivity (Wildman–Crippen MR) is 58.9 cm³/mol. The molecule has 0 spiro atoms. The summed E-state index contributed by atoms with van der Waals surface area (Å²) in [5.41, 5.74) is 0.687. The van der Waals surface area contributed by atoms with E-state index in [1.165, 1.54) is 12.5 Å². The number of aromatic nitrogens is 2. The third-order valence-corrected chi connectivity index (χ3v) is 3.04. The Morgan fingerprint density at radius 2 is 2.12 bits per heavy atom. The fourth-order valence-corrected chi connectivity index (χ4v) is 2.02. The second-order valence-corrected chi connectivity index (χ2v) is 4.90. The van der Waals surface area contributed by atoms with Crippen LogP contribution in [0, 0.1) is 0 Å². The zero-order valence-corrected chi connectivity index (χ0v) is 9.63. The van der Waals surface area contributed by atoms with Gasteiger partial charge in [-0.25, -0.2) is 0 Å². The Labute approximate surface area is 98.4 Å². The molecule has 0 aliphatic rings. The van der Waals surface area contributed by atoms with Gasteiger partial charge in [0.05, 0.1) is 11.9 Å². The Morgan fingerprint density at radius 3 is 2.76 bits per heavy atom. The molecule has 0 N–H and O–H groups in total. The number of oxazole rings is 1. The van der Waals surface area contributed by atoms with Gasteiger partial charge in [-0.1, -0.05) is 6.07 Å². The molecule has 7 heteroatoms. The molecule has 0 amide bonds. The maximum absolute atomic E-state index is 11.5. The summed E-state index contributed by atoms with van der Waals surface area (Å²) in [5, 5.41) is 0. The summed E-state index contributed by atoms with van der Waals surface area (Å²) in [6.45, 7) is 0. The van der Waals surface area contributed by atoms with E-state index in [9.17, 15) is 8.42 Å². The van der Waals surface area contributed by atoms with E-state index < -0.39 is 10.1 Å². The van der Waals surface area contributed by atoms with Crippen molar-refractivity contribution in [3.05, 3.63) is 42.5 Å². The Bertz CT molecular complexity index is 551. The summed E-state index contributed by atoms with van der Waals surface area (Å²) >= 11 is 0. The molecule has 0 fully saturated rings. The Morgan fingerprint density at radius 1 is 1.24 bits per heavy atom. The zero-order chi connectivity index (χ0) is 12.1. The van der Waals surface area contributed by atoms with Gasteiger partial charge in [-0.15, -0.1) is 0 Å². The first-order valence-electron chi connectivity index (χ1n) is 4.87. The number of nitrogens with zero attached hydrogens (tertiary/aromatic N) is 2. The van der Waals surface area contributed by atoms with Gasteiger partial charge in [-0.2, -0.15) is 13.4 Å². The molecule has 0 aromatic carbocycles. The molecule has 0 saturated heterocycles. The summed E-state index contributed by atoms with van der Waals surface area (Å²) in [6.07, 6.45) is 4.17. The third-order valence-electron chi connectivity index (χ3n) is 1.94. The minimum Gasteiger partial charge on any atom is -0.417 e. The molecule has 90 valence electrons. The topological polar surface area (TPSA) is 82.3 Å². The van der Waals surface area contributed by atoms with Gasteiger partial charge in [-0.05, 0) is 12.1 Å². The fraction of sp³-hybridized carbons (Fsp3) is 0.200. The number of rotatable bonds is 5. The van der Waals surface area contributed by atoms with E-state index in [4.69, 9.17) is 4.42 Å². The lowest BCUT2D eigenvalue weighted by Crippen LogP contribution is -2.16. The molecule has 2 aromatic heterocycles. The van der Waals surface area contributed by atoms with Gasteiger partial charge in [0.15, 0.2) is 0 Å². The quantitative estimate of drug-likeness (QED) is 0.741. The van der Waals surface area contributed by atoms with Crippen molar-refractivity contribution < 1.29 is 17.0 Å². The van der Waals surface area contributed by atoms with Crippen LogP contribution in [0.25, 0.3) is 0 Å². The summed E-state index contributed by atoms with van der Waals surface area (Å²) in [6, 6.07) is 5.31. The second kappa shape index (κ2) is 4.96. The van der Waals surface area contributed by atoms with Crippen LogP contribution in [0.1, 0.15) is 5.69 Å². The monoisotopic (exact) mass is 254 g/mol. The van der Waals surface area contributed by atoms with Crippen molar-refractivity contribution in [1.82, 2.24) is 9.97 Å². The van der Waals surface area contributed by atoms with Crippen molar-refractivity contribution in [3.63, 3.8) is 0 Å². The molecule has 2 rings (SSSR count). The molecule has 17 heavy (non-hydrogen) atoms. The average Bonchev–Trinajstić information content (AvgIpc) is 2.80. The molecule has 6 nitrogen and oxygen atoms in total. The number of hydrogen-bond donors (Lipinski definition) is 0. The highest BCUT2D eigenvalue weighted by atomic mass is 32.2. The van der Waals surface area contributed by atoms with Gasteiger partial charge in [-0.3, -0.25) is 4.98 Å². The SMILES string of the molecule is O=S(=O)(CCc1ccccn1)Oc1ncco1.